The number of hydrogen-bond acceptors (Lipinski definition) is 14. The van der Waals surface area contributed by atoms with Gasteiger partial charge >= 0.3 is 0 Å². The van der Waals surface area contributed by atoms with Gasteiger partial charge in [-0.05, 0) is 118 Å². The fourth-order valence-corrected chi connectivity index (χ4v) is 8.89. The monoisotopic (exact) mass is 1150 g/mol. The molecule has 0 saturated carbocycles. The summed E-state index contributed by atoms with van der Waals surface area (Å²) in [6.45, 7) is 2.27. The largest absolute Gasteiger partial charge is 0.370 e. The summed E-state index contributed by atoms with van der Waals surface area (Å²) in [4.78, 5) is 104. The summed E-state index contributed by atoms with van der Waals surface area (Å²) in [6, 6.07) is 14.7. The first-order valence-electron chi connectivity index (χ1n) is 26.8. The zero-order chi connectivity index (χ0) is 60.4. The molecule has 446 valence electrons. The van der Waals surface area contributed by atoms with Gasteiger partial charge < -0.3 is 88.5 Å². The SMILES string of the molecule is CC(=O)[C@H](CCCN=C(N)N)NC(=O)[C@H](CCCN=C(N)N)NC(=O)[C@H](CCCN=C(N)N)NC(=O)[C@H](CCCN=C(N)N)NC(=O)[C@H](CCCN=C(N)N)NC(=O)c1ccc(Cn2c3ccccc3c3cc(-c4nn[nH]n4)ccc32)cc1. The van der Waals surface area contributed by atoms with Crippen LogP contribution in [0.1, 0.15) is 87.1 Å². The number of para-hydroxylation sites is 1. The first-order chi connectivity index (χ1) is 39.7. The number of fused-ring (bicyclic) bond motifs is 3. The molecule has 5 amide bonds. The summed E-state index contributed by atoms with van der Waals surface area (Å²) in [7, 11) is 0. The third-order valence-corrected chi connectivity index (χ3v) is 13.0. The Kier molecular flexibility index (Phi) is 24.7. The van der Waals surface area contributed by atoms with Crippen LogP contribution >= 0.6 is 0 Å². The average Bonchev–Trinajstić information content (AvgIpc) is 3.99. The number of aromatic amines is 1. The van der Waals surface area contributed by atoms with Gasteiger partial charge in [-0.3, -0.25) is 53.7 Å². The van der Waals surface area contributed by atoms with Gasteiger partial charge in [-0.15, -0.1) is 10.2 Å². The molecule has 0 aliphatic carbocycles. The molecule has 0 aliphatic heterocycles. The standard InChI is InChI=1S/C52H77N25O6/c1-29(78)35(10-4-22-63-48(53)54)68-44(80)37(12-6-24-65-50(57)58)70-46(82)39(14-8-26-67-52(61)62)72-47(83)38(13-7-25-66-51(59)60)71-45(81)36(11-5-23-64-49(55)56)69-43(79)31-18-16-30(17-19-31)28-77-40-15-3-2-9-33(40)34-27-32(20-21-41(34)77)42-73-75-76-74-42/h2-3,9,15-21,27,35-39H,4-8,10-14,22-26,28H2,1H3,(H,68,80)(H,69,79)(H,70,82)(H,71,81)(H,72,83)(H4,53,54,63)(H4,55,56,64)(H4,57,58,65)(H4,59,60,66)(H4,61,62,67)(H,73,74,75,76)/t35-,36-,37-,38-,39-/m0/s1. The van der Waals surface area contributed by atoms with E-state index in [1.165, 1.54) is 6.92 Å². The van der Waals surface area contributed by atoms with Crippen molar-refractivity contribution in [2.45, 2.75) is 108 Å². The highest BCUT2D eigenvalue weighted by molar-refractivity contribution is 6.09. The third-order valence-electron chi connectivity index (χ3n) is 13.0. The van der Waals surface area contributed by atoms with Gasteiger partial charge in [0.05, 0.1) is 6.04 Å². The number of amides is 5. The minimum atomic E-state index is -1.35. The number of nitrogens with zero attached hydrogens (tertiary/aromatic N) is 9. The van der Waals surface area contributed by atoms with Gasteiger partial charge in [0.15, 0.2) is 35.6 Å². The van der Waals surface area contributed by atoms with Crippen LogP contribution < -0.4 is 83.9 Å². The number of rotatable bonds is 34. The second-order valence-corrected chi connectivity index (χ2v) is 19.4. The van der Waals surface area contributed by atoms with Crippen molar-refractivity contribution in [2.24, 2.45) is 82.3 Å². The lowest BCUT2D eigenvalue weighted by Crippen LogP contribution is -2.58. The second-order valence-electron chi connectivity index (χ2n) is 19.4. The molecule has 0 bridgehead atoms. The molecule has 0 aliphatic rings. The molecule has 0 radical (unpaired) electrons. The molecule has 26 N–H and O–H groups in total. The number of guanidine groups is 5. The van der Waals surface area contributed by atoms with E-state index in [2.05, 4.69) is 76.7 Å². The number of aliphatic imine (C=N–C) groups is 5. The topological polar surface area (TPSA) is 544 Å². The predicted octanol–water partition coefficient (Wildman–Crippen LogP) is -3.08. The molecule has 0 unspecified atom stereocenters. The number of aromatic nitrogens is 5. The Balaban J connectivity index is 1.38. The van der Waals surface area contributed by atoms with E-state index in [4.69, 9.17) is 57.3 Å². The van der Waals surface area contributed by atoms with Crippen LogP contribution in [-0.4, -0.2) is 153 Å². The number of carbonyl (C=O) groups excluding carboxylic acids is 6. The van der Waals surface area contributed by atoms with Gasteiger partial charge in [-0.2, -0.15) is 5.21 Å². The van der Waals surface area contributed by atoms with Gasteiger partial charge in [-0.25, -0.2) is 0 Å². The number of nitrogens with two attached hydrogens (primary N) is 10. The maximum absolute atomic E-state index is 14.5. The van der Waals surface area contributed by atoms with Crippen LogP contribution in [0.25, 0.3) is 33.2 Å². The number of benzene rings is 3. The number of carbonyl (C=O) groups is 6. The second kappa shape index (κ2) is 32.2. The number of nitrogens with one attached hydrogen (secondary N) is 6. The summed E-state index contributed by atoms with van der Waals surface area (Å²) >= 11 is 0. The third kappa shape index (κ3) is 20.8. The van der Waals surface area contributed by atoms with Gasteiger partial charge in [0, 0.05) is 72.2 Å². The lowest BCUT2D eigenvalue weighted by Gasteiger charge is -2.27. The minimum absolute atomic E-state index is 0.0000207. The van der Waals surface area contributed by atoms with Crippen molar-refractivity contribution in [1.82, 2.24) is 51.8 Å². The molecule has 3 aromatic carbocycles. The lowest BCUT2D eigenvalue weighted by molar-refractivity contribution is -0.134. The van der Waals surface area contributed by atoms with E-state index in [0.29, 0.717) is 18.8 Å². The van der Waals surface area contributed by atoms with E-state index in [1.807, 2.05) is 54.6 Å². The molecule has 2 aromatic heterocycles. The minimum Gasteiger partial charge on any atom is -0.370 e. The molecule has 0 saturated heterocycles. The smallest absolute Gasteiger partial charge is 0.251 e. The van der Waals surface area contributed by atoms with Crippen molar-refractivity contribution >= 4 is 86.9 Å². The summed E-state index contributed by atoms with van der Waals surface area (Å²) in [6.07, 6.45) is 1.22. The number of H-pyrrole nitrogens is 1. The zero-order valence-electron chi connectivity index (χ0n) is 46.3. The van der Waals surface area contributed by atoms with Crippen molar-refractivity contribution in [3.8, 4) is 11.4 Å². The zero-order valence-corrected chi connectivity index (χ0v) is 46.3. The molecule has 31 nitrogen and oxygen atoms in total. The first kappa shape index (κ1) is 63.7. The van der Waals surface area contributed by atoms with Crippen molar-refractivity contribution < 1.29 is 28.8 Å². The molecular weight excluding hydrogens is 1070 g/mol. The molecular formula is C52H77N25O6. The highest BCUT2D eigenvalue weighted by Crippen LogP contribution is 2.32. The molecule has 0 spiro atoms. The van der Waals surface area contributed by atoms with Gasteiger partial charge in [0.1, 0.15) is 24.2 Å². The van der Waals surface area contributed by atoms with Crippen molar-refractivity contribution in [3.63, 3.8) is 0 Å². The van der Waals surface area contributed by atoms with E-state index in [0.717, 1.165) is 32.9 Å². The van der Waals surface area contributed by atoms with E-state index < -0.39 is 59.7 Å². The Morgan fingerprint density at radius 2 is 0.892 bits per heavy atom. The van der Waals surface area contributed by atoms with Crippen LogP contribution in [0.5, 0.6) is 0 Å². The molecule has 83 heavy (non-hydrogen) atoms. The Labute approximate surface area is 478 Å². The number of hydrogen-bond donors (Lipinski definition) is 16. The molecule has 5 rings (SSSR count). The Morgan fingerprint density at radius 1 is 0.494 bits per heavy atom. The quantitative estimate of drug-likeness (QED) is 0.0110. The van der Waals surface area contributed by atoms with E-state index in [-0.39, 0.29) is 132 Å². The maximum Gasteiger partial charge on any atom is 0.251 e. The van der Waals surface area contributed by atoms with Crippen molar-refractivity contribution in [3.05, 3.63) is 77.9 Å². The van der Waals surface area contributed by atoms with Crippen LogP contribution in [0.2, 0.25) is 0 Å². The van der Waals surface area contributed by atoms with Crippen LogP contribution in [0.4, 0.5) is 0 Å². The van der Waals surface area contributed by atoms with E-state index >= 15 is 0 Å². The van der Waals surface area contributed by atoms with Gasteiger partial charge in [0.25, 0.3) is 5.91 Å². The highest BCUT2D eigenvalue weighted by Gasteiger charge is 2.32. The Morgan fingerprint density at radius 3 is 1.30 bits per heavy atom. The normalized spacial score (nSPS) is 12.7. The van der Waals surface area contributed by atoms with Crippen LogP contribution in [0, 0.1) is 0 Å². The van der Waals surface area contributed by atoms with E-state index in [9.17, 15) is 28.8 Å². The molecule has 5 atom stereocenters. The summed E-state index contributed by atoms with van der Waals surface area (Å²) in [5.41, 5.74) is 59.3. The van der Waals surface area contributed by atoms with Gasteiger partial charge in [-0.1, -0.05) is 30.3 Å². The van der Waals surface area contributed by atoms with Gasteiger partial charge in [0.2, 0.25) is 29.5 Å². The van der Waals surface area contributed by atoms with Crippen molar-refractivity contribution in [1.29, 1.82) is 0 Å². The Hall–Kier alpha value is -10.1. The fourth-order valence-electron chi connectivity index (χ4n) is 8.89. The number of ketones is 1. The number of Topliss-reactive ketones (excluding diaryl/α,β-unsaturated/α-hetero) is 1. The average molecular weight is 1150 g/mol. The van der Waals surface area contributed by atoms with Crippen LogP contribution in [0.3, 0.4) is 0 Å². The maximum atomic E-state index is 14.5. The fraction of sp³-hybridized carbons (Fsp3) is 0.423. The first-order valence-corrected chi connectivity index (χ1v) is 26.8. The Bertz CT molecular complexity index is 3130. The van der Waals surface area contributed by atoms with E-state index in [1.54, 1.807) is 12.1 Å². The van der Waals surface area contributed by atoms with Crippen LogP contribution in [-0.2, 0) is 30.5 Å². The molecule has 2 heterocycles. The summed E-state index contributed by atoms with van der Waals surface area (Å²) < 4.78 is 2.17. The number of tetrazole rings is 1. The van der Waals surface area contributed by atoms with Crippen LogP contribution in [0.15, 0.2) is 91.7 Å². The summed E-state index contributed by atoms with van der Waals surface area (Å²) in [5.74, 6) is -4.46. The summed E-state index contributed by atoms with van der Waals surface area (Å²) in [5, 5.41) is 30.2. The highest BCUT2D eigenvalue weighted by atomic mass is 16.2. The molecule has 0 fully saturated rings. The molecule has 31 heteroatoms. The molecule has 5 aromatic rings. The van der Waals surface area contributed by atoms with Crippen molar-refractivity contribution in [2.75, 3.05) is 32.7 Å². The predicted molar refractivity (Wildman–Crippen MR) is 317 cm³/mol. The lowest BCUT2D eigenvalue weighted by atomic mass is 10.0.